The number of ether oxygens (including phenoxy) is 2. The molecule has 0 aliphatic carbocycles. The minimum atomic E-state index is -0.946. The van der Waals surface area contributed by atoms with Gasteiger partial charge in [-0.3, -0.25) is 14.5 Å². The number of anilines is 1. The fourth-order valence-electron chi connectivity index (χ4n) is 5.35. The van der Waals surface area contributed by atoms with Crippen molar-refractivity contribution in [3.63, 3.8) is 0 Å². The van der Waals surface area contributed by atoms with Crippen LogP contribution in [0.5, 0.6) is 11.5 Å². The summed E-state index contributed by atoms with van der Waals surface area (Å²) in [4.78, 5) is 33.0. The molecule has 1 aromatic heterocycles. The molecule has 2 aliphatic rings. The smallest absolute Gasteiger partial charge is 0.301 e. The molecule has 0 saturated carbocycles. The third-order valence-electron chi connectivity index (χ3n) is 7.37. The molecule has 1 saturated heterocycles. The molecule has 1 amide bonds. The van der Waals surface area contributed by atoms with Gasteiger partial charge in [-0.2, -0.15) is 0 Å². The number of benzene rings is 3. The Morgan fingerprint density at radius 3 is 2.71 bits per heavy atom. The van der Waals surface area contributed by atoms with Gasteiger partial charge in [-0.25, -0.2) is 9.37 Å². The lowest BCUT2D eigenvalue weighted by atomic mass is 9.94. The Kier molecular flexibility index (Phi) is 7.21. The first-order valence-electron chi connectivity index (χ1n) is 13.7. The highest BCUT2D eigenvalue weighted by Gasteiger charge is 2.48. The highest BCUT2D eigenvalue weighted by Crippen LogP contribution is 2.45. The van der Waals surface area contributed by atoms with E-state index in [0.29, 0.717) is 40.1 Å². The Bertz CT molecular complexity index is 1680. The summed E-state index contributed by atoms with van der Waals surface area (Å²) >= 11 is 1.11. The van der Waals surface area contributed by atoms with Crippen molar-refractivity contribution in [3.05, 3.63) is 88.7 Å². The molecule has 9 heteroatoms. The number of aliphatic hydroxyl groups excluding tert-OH is 1. The van der Waals surface area contributed by atoms with Gasteiger partial charge in [0.05, 0.1) is 28.4 Å². The van der Waals surface area contributed by atoms with Gasteiger partial charge >= 0.3 is 5.91 Å². The lowest BCUT2D eigenvalue weighted by molar-refractivity contribution is -0.132. The fourth-order valence-corrected chi connectivity index (χ4v) is 6.36. The molecule has 7 nitrogen and oxygen atoms in total. The molecule has 4 aromatic rings. The van der Waals surface area contributed by atoms with E-state index >= 15 is 0 Å². The van der Waals surface area contributed by atoms with Gasteiger partial charge in [-0.1, -0.05) is 43.2 Å². The van der Waals surface area contributed by atoms with Crippen molar-refractivity contribution in [2.24, 2.45) is 0 Å². The van der Waals surface area contributed by atoms with Crippen molar-refractivity contribution in [2.45, 2.75) is 51.7 Å². The van der Waals surface area contributed by atoms with E-state index in [1.165, 1.54) is 23.1 Å². The number of aliphatic hydroxyl groups is 1. The highest BCUT2D eigenvalue weighted by atomic mass is 32.1. The maximum atomic E-state index is 13.9. The Hall–Kier alpha value is -4.24. The summed E-state index contributed by atoms with van der Waals surface area (Å²) in [5, 5.41) is 11.8. The Morgan fingerprint density at radius 2 is 1.93 bits per heavy atom. The number of ketones is 1. The van der Waals surface area contributed by atoms with Crippen molar-refractivity contribution in [1.29, 1.82) is 0 Å². The van der Waals surface area contributed by atoms with Gasteiger partial charge in [0.15, 0.2) is 5.13 Å². The molecular weight excluding hydrogens is 543 g/mol. The van der Waals surface area contributed by atoms with Crippen LogP contribution in [-0.4, -0.2) is 34.5 Å². The number of nitrogens with zero attached hydrogens (tertiary/aromatic N) is 2. The average Bonchev–Trinajstić information content (AvgIpc) is 3.63. The SMILES string of the molecule is CCCCCOc1ccc(C2/C(=C(/O)c3ccc4c(c3)CC(C)O4)C(=O)C(=O)N2c2nc3ccc(F)cc3s2)cc1. The molecule has 2 unspecified atom stereocenters. The Morgan fingerprint density at radius 1 is 1.12 bits per heavy atom. The predicted octanol–water partition coefficient (Wildman–Crippen LogP) is 6.95. The number of aromatic nitrogens is 1. The molecule has 0 bridgehead atoms. The van der Waals surface area contributed by atoms with Gasteiger partial charge in [-0.05, 0) is 73.0 Å². The predicted molar refractivity (Wildman–Crippen MR) is 156 cm³/mol. The van der Waals surface area contributed by atoms with Gasteiger partial charge in [0.25, 0.3) is 5.78 Å². The molecule has 2 atom stereocenters. The van der Waals surface area contributed by atoms with E-state index in [4.69, 9.17) is 9.47 Å². The molecule has 41 heavy (non-hydrogen) atoms. The van der Waals surface area contributed by atoms with Crippen LogP contribution < -0.4 is 14.4 Å². The van der Waals surface area contributed by atoms with Crippen molar-refractivity contribution >= 4 is 44.1 Å². The van der Waals surface area contributed by atoms with Crippen LogP contribution >= 0.6 is 11.3 Å². The van der Waals surface area contributed by atoms with E-state index in [2.05, 4.69) is 11.9 Å². The molecule has 6 rings (SSSR count). The average molecular weight is 573 g/mol. The number of amides is 1. The van der Waals surface area contributed by atoms with Crippen LogP contribution in [0.4, 0.5) is 9.52 Å². The molecule has 3 heterocycles. The van der Waals surface area contributed by atoms with Gasteiger partial charge < -0.3 is 14.6 Å². The number of hydrogen-bond donors (Lipinski definition) is 1. The van der Waals surface area contributed by atoms with Crippen molar-refractivity contribution < 1.29 is 28.6 Å². The lowest BCUT2D eigenvalue weighted by Gasteiger charge is -2.23. The first kappa shape index (κ1) is 27.0. The highest BCUT2D eigenvalue weighted by molar-refractivity contribution is 7.22. The van der Waals surface area contributed by atoms with Crippen LogP contribution in [0.25, 0.3) is 16.0 Å². The van der Waals surface area contributed by atoms with E-state index < -0.39 is 23.5 Å². The van der Waals surface area contributed by atoms with E-state index in [-0.39, 0.29) is 22.6 Å². The number of carbonyl (C=O) groups excluding carboxylic acids is 2. The molecule has 0 radical (unpaired) electrons. The second-order valence-corrected chi connectivity index (χ2v) is 11.4. The van der Waals surface area contributed by atoms with Crippen LogP contribution in [-0.2, 0) is 16.0 Å². The zero-order valence-corrected chi connectivity index (χ0v) is 23.5. The summed E-state index contributed by atoms with van der Waals surface area (Å²) in [6, 6.07) is 15.7. The third-order valence-corrected chi connectivity index (χ3v) is 8.39. The van der Waals surface area contributed by atoms with Crippen molar-refractivity contribution in [1.82, 2.24) is 4.98 Å². The van der Waals surface area contributed by atoms with E-state index in [0.717, 1.165) is 41.9 Å². The summed E-state index contributed by atoms with van der Waals surface area (Å²) in [5.74, 6) is -0.912. The number of hydrogen-bond acceptors (Lipinski definition) is 7. The van der Waals surface area contributed by atoms with Gasteiger partial charge in [0, 0.05) is 12.0 Å². The third kappa shape index (κ3) is 5.06. The summed E-state index contributed by atoms with van der Waals surface area (Å²) in [5.41, 5.74) is 2.42. The minimum Gasteiger partial charge on any atom is -0.507 e. The second-order valence-electron chi connectivity index (χ2n) is 10.4. The standard InChI is InChI=1S/C32H29FN2O5S/c1-3-4-5-14-39-23-10-6-19(7-11-23)28-27(29(36)20-8-13-25-21(16-20)15-18(2)40-25)30(37)31(38)35(28)32-34-24-12-9-22(33)17-26(24)41-32/h6-13,16-18,28,36H,3-5,14-15H2,1-2H3/b29-27-. The van der Waals surface area contributed by atoms with Crippen LogP contribution in [0.15, 0.2) is 66.2 Å². The molecule has 2 aliphatic heterocycles. The number of carbonyl (C=O) groups is 2. The zero-order valence-electron chi connectivity index (χ0n) is 22.7. The number of fused-ring (bicyclic) bond motifs is 2. The molecule has 3 aromatic carbocycles. The van der Waals surface area contributed by atoms with Gasteiger partial charge in [-0.15, -0.1) is 0 Å². The minimum absolute atomic E-state index is 0.0135. The second kappa shape index (κ2) is 11.0. The number of thiazole rings is 1. The number of rotatable bonds is 8. The van der Waals surface area contributed by atoms with Crippen LogP contribution in [0.3, 0.4) is 0 Å². The first-order chi connectivity index (χ1) is 19.8. The van der Waals surface area contributed by atoms with Crippen LogP contribution in [0.2, 0.25) is 0 Å². The quantitative estimate of drug-likeness (QED) is 0.106. The van der Waals surface area contributed by atoms with Gasteiger partial charge in [0.2, 0.25) is 0 Å². The van der Waals surface area contributed by atoms with E-state index in [9.17, 15) is 19.1 Å². The topological polar surface area (TPSA) is 89.0 Å². The Balaban J connectivity index is 1.44. The zero-order chi connectivity index (χ0) is 28.7. The molecule has 1 fully saturated rings. The summed E-state index contributed by atoms with van der Waals surface area (Å²) in [6.45, 7) is 4.69. The van der Waals surface area contributed by atoms with Crippen molar-refractivity contribution in [3.8, 4) is 11.5 Å². The van der Waals surface area contributed by atoms with Crippen LogP contribution in [0, 0.1) is 5.82 Å². The summed E-state index contributed by atoms with van der Waals surface area (Å²) < 4.78 is 26.1. The maximum Gasteiger partial charge on any atom is 0.301 e. The number of halogens is 1. The van der Waals surface area contributed by atoms with E-state index in [1.807, 2.05) is 6.92 Å². The number of Topliss-reactive ketones (excluding diaryl/α,β-unsaturated/α-hetero) is 1. The fraction of sp³-hybridized carbons (Fsp3) is 0.281. The molecular formula is C32H29FN2O5S. The summed E-state index contributed by atoms with van der Waals surface area (Å²) in [7, 11) is 0. The van der Waals surface area contributed by atoms with Crippen molar-refractivity contribution in [2.75, 3.05) is 11.5 Å². The molecule has 0 spiro atoms. The normalized spacial score (nSPS) is 19.5. The largest absolute Gasteiger partial charge is 0.507 e. The monoisotopic (exact) mass is 572 g/mol. The van der Waals surface area contributed by atoms with Gasteiger partial charge in [0.1, 0.15) is 29.2 Å². The first-order valence-corrected chi connectivity index (χ1v) is 14.6. The summed E-state index contributed by atoms with van der Waals surface area (Å²) in [6.07, 6.45) is 3.80. The maximum absolute atomic E-state index is 13.9. The molecule has 210 valence electrons. The Labute approximate surface area is 240 Å². The number of unbranched alkanes of at least 4 members (excludes halogenated alkanes) is 2. The molecule has 1 N–H and O–H groups in total. The van der Waals surface area contributed by atoms with Crippen LogP contribution in [0.1, 0.15) is 55.8 Å². The van der Waals surface area contributed by atoms with E-state index in [1.54, 1.807) is 42.5 Å². The lowest BCUT2D eigenvalue weighted by Crippen LogP contribution is -2.29.